The molecule has 4 nitrogen and oxygen atoms in total. The van der Waals surface area contributed by atoms with Crippen LogP contribution in [0.5, 0.6) is 5.75 Å². The van der Waals surface area contributed by atoms with Crippen molar-refractivity contribution in [3.05, 3.63) is 23.8 Å². The number of aliphatic hydroxyl groups excluding tert-OH is 2. The summed E-state index contributed by atoms with van der Waals surface area (Å²) in [5.41, 5.74) is 0.0161. The number of hydrogen-bond donors (Lipinski definition) is 3. The smallest absolute Gasteiger partial charge is 0.192 e. The maximum Gasteiger partial charge on any atom is 0.192 e. The topological polar surface area (TPSA) is 61.7 Å². The lowest BCUT2D eigenvalue weighted by molar-refractivity contribution is 0.105. The van der Waals surface area contributed by atoms with Crippen molar-refractivity contribution in [2.24, 2.45) is 0 Å². The molecule has 0 saturated carbocycles. The molecule has 1 rings (SSSR count). The average molecular weight is 247 g/mol. The van der Waals surface area contributed by atoms with Gasteiger partial charge in [0, 0.05) is 6.54 Å². The van der Waals surface area contributed by atoms with E-state index in [9.17, 15) is 8.78 Å². The Bertz CT molecular complexity index is 374. The molecule has 96 valence electrons. The minimum Gasteiger partial charge on any atom is -0.488 e. The fourth-order valence-electron chi connectivity index (χ4n) is 1.24. The van der Waals surface area contributed by atoms with Gasteiger partial charge < -0.3 is 20.3 Å². The Kier molecular flexibility index (Phi) is 5.11. The van der Waals surface area contributed by atoms with Gasteiger partial charge in [0.2, 0.25) is 0 Å². The van der Waals surface area contributed by atoms with E-state index < -0.39 is 30.1 Å². The standard InChI is InChI=1S/C11H15F2NO3/c1-2-17-11-8(12)3-4-9(10(11)13)14-5-7(16)6-15/h3-4,7,14-16H,2,5-6H2,1H3. The van der Waals surface area contributed by atoms with Crippen molar-refractivity contribution in [2.45, 2.75) is 13.0 Å². The Balaban J connectivity index is 2.82. The van der Waals surface area contributed by atoms with Crippen LogP contribution in [0.3, 0.4) is 0 Å². The van der Waals surface area contributed by atoms with E-state index in [2.05, 4.69) is 5.32 Å². The molecule has 0 radical (unpaired) electrons. The first-order valence-corrected chi connectivity index (χ1v) is 5.23. The third-order valence-electron chi connectivity index (χ3n) is 2.08. The monoisotopic (exact) mass is 247 g/mol. The maximum absolute atomic E-state index is 13.7. The van der Waals surface area contributed by atoms with Crippen molar-refractivity contribution >= 4 is 5.69 Å². The number of ether oxygens (including phenoxy) is 1. The number of benzene rings is 1. The molecule has 0 fully saturated rings. The number of halogens is 2. The van der Waals surface area contributed by atoms with Crippen LogP contribution in [-0.4, -0.2) is 36.1 Å². The van der Waals surface area contributed by atoms with Crippen LogP contribution in [0, 0.1) is 11.6 Å². The van der Waals surface area contributed by atoms with Gasteiger partial charge in [-0.2, -0.15) is 0 Å². The zero-order valence-corrected chi connectivity index (χ0v) is 9.41. The molecule has 3 N–H and O–H groups in total. The Morgan fingerprint density at radius 1 is 1.41 bits per heavy atom. The largest absolute Gasteiger partial charge is 0.488 e. The van der Waals surface area contributed by atoms with Crippen molar-refractivity contribution < 1.29 is 23.7 Å². The van der Waals surface area contributed by atoms with Crippen LogP contribution in [0.15, 0.2) is 12.1 Å². The summed E-state index contributed by atoms with van der Waals surface area (Å²) in [7, 11) is 0. The van der Waals surface area contributed by atoms with Crippen LogP contribution in [0.4, 0.5) is 14.5 Å². The van der Waals surface area contributed by atoms with Crippen molar-refractivity contribution in [1.29, 1.82) is 0 Å². The third-order valence-corrected chi connectivity index (χ3v) is 2.08. The fourth-order valence-corrected chi connectivity index (χ4v) is 1.24. The van der Waals surface area contributed by atoms with Crippen molar-refractivity contribution in [1.82, 2.24) is 0 Å². The molecule has 0 aliphatic heterocycles. The summed E-state index contributed by atoms with van der Waals surface area (Å²) in [5, 5.41) is 20.3. The molecular weight excluding hydrogens is 232 g/mol. The summed E-state index contributed by atoms with van der Waals surface area (Å²) in [5.74, 6) is -2.08. The van der Waals surface area contributed by atoms with Crippen LogP contribution in [0.1, 0.15) is 6.92 Å². The van der Waals surface area contributed by atoms with Crippen LogP contribution < -0.4 is 10.1 Å². The first kappa shape index (κ1) is 13.7. The molecule has 0 saturated heterocycles. The van der Waals surface area contributed by atoms with E-state index in [-0.39, 0.29) is 18.8 Å². The van der Waals surface area contributed by atoms with E-state index in [0.29, 0.717) is 0 Å². The van der Waals surface area contributed by atoms with E-state index >= 15 is 0 Å². The van der Waals surface area contributed by atoms with E-state index in [4.69, 9.17) is 14.9 Å². The predicted octanol–water partition coefficient (Wildman–Crippen LogP) is 1.13. The van der Waals surface area contributed by atoms with Gasteiger partial charge in [-0.3, -0.25) is 0 Å². The zero-order valence-electron chi connectivity index (χ0n) is 9.41. The highest BCUT2D eigenvalue weighted by Gasteiger charge is 2.15. The second kappa shape index (κ2) is 6.36. The molecule has 0 aromatic heterocycles. The second-order valence-corrected chi connectivity index (χ2v) is 3.39. The molecule has 1 aromatic rings. The molecule has 0 aliphatic carbocycles. The molecule has 0 amide bonds. The maximum atomic E-state index is 13.7. The highest BCUT2D eigenvalue weighted by Crippen LogP contribution is 2.27. The summed E-state index contributed by atoms with van der Waals surface area (Å²) in [6.45, 7) is 1.30. The van der Waals surface area contributed by atoms with Crippen LogP contribution in [0.2, 0.25) is 0 Å². The predicted molar refractivity (Wildman–Crippen MR) is 59.1 cm³/mol. The lowest BCUT2D eigenvalue weighted by Crippen LogP contribution is -2.23. The summed E-state index contributed by atoms with van der Waals surface area (Å²) in [4.78, 5) is 0. The van der Waals surface area contributed by atoms with Crippen LogP contribution in [-0.2, 0) is 0 Å². The van der Waals surface area contributed by atoms with Gasteiger partial charge in [0.15, 0.2) is 17.4 Å². The van der Waals surface area contributed by atoms with Gasteiger partial charge in [-0.25, -0.2) is 8.78 Å². The SMILES string of the molecule is CCOc1c(F)ccc(NCC(O)CO)c1F. The Morgan fingerprint density at radius 3 is 2.71 bits per heavy atom. The highest BCUT2D eigenvalue weighted by molar-refractivity contribution is 5.51. The van der Waals surface area contributed by atoms with Crippen LogP contribution in [0.25, 0.3) is 0 Å². The van der Waals surface area contributed by atoms with Crippen molar-refractivity contribution in [2.75, 3.05) is 25.1 Å². The number of anilines is 1. The van der Waals surface area contributed by atoms with Gasteiger partial charge >= 0.3 is 0 Å². The molecule has 0 aliphatic rings. The van der Waals surface area contributed by atoms with Gasteiger partial charge in [0.05, 0.1) is 25.0 Å². The first-order chi connectivity index (χ1) is 8.10. The number of hydrogen-bond acceptors (Lipinski definition) is 4. The Morgan fingerprint density at radius 2 is 2.12 bits per heavy atom. The summed E-state index contributed by atoms with van der Waals surface area (Å²) < 4.78 is 31.7. The van der Waals surface area contributed by atoms with Crippen LogP contribution >= 0.6 is 0 Å². The summed E-state index contributed by atoms with van der Waals surface area (Å²) >= 11 is 0. The van der Waals surface area contributed by atoms with Crippen molar-refractivity contribution in [3.63, 3.8) is 0 Å². The lowest BCUT2D eigenvalue weighted by atomic mass is 10.2. The molecular formula is C11H15F2NO3. The Labute approximate surface area is 97.8 Å². The Hall–Kier alpha value is -1.40. The molecule has 17 heavy (non-hydrogen) atoms. The quantitative estimate of drug-likeness (QED) is 0.705. The van der Waals surface area contributed by atoms with Gasteiger partial charge in [-0.05, 0) is 19.1 Å². The molecule has 1 aromatic carbocycles. The molecule has 1 unspecified atom stereocenters. The molecule has 0 spiro atoms. The second-order valence-electron chi connectivity index (χ2n) is 3.39. The van der Waals surface area contributed by atoms with Gasteiger partial charge in [0.25, 0.3) is 0 Å². The fraction of sp³-hybridized carbons (Fsp3) is 0.455. The minimum atomic E-state index is -1.00. The molecule has 6 heteroatoms. The van der Waals surface area contributed by atoms with E-state index in [1.807, 2.05) is 0 Å². The van der Waals surface area contributed by atoms with E-state index in [0.717, 1.165) is 6.07 Å². The molecule has 0 heterocycles. The van der Waals surface area contributed by atoms with Gasteiger partial charge in [-0.1, -0.05) is 0 Å². The number of rotatable bonds is 6. The molecule has 1 atom stereocenters. The normalized spacial score (nSPS) is 12.3. The van der Waals surface area contributed by atoms with E-state index in [1.54, 1.807) is 6.92 Å². The summed E-state index contributed by atoms with van der Waals surface area (Å²) in [6, 6.07) is 2.28. The van der Waals surface area contributed by atoms with Gasteiger partial charge in [0.1, 0.15) is 0 Å². The first-order valence-electron chi connectivity index (χ1n) is 5.23. The minimum absolute atomic E-state index is 0.0161. The third kappa shape index (κ3) is 3.54. The number of nitrogens with one attached hydrogen (secondary N) is 1. The highest BCUT2D eigenvalue weighted by atomic mass is 19.1. The number of aliphatic hydroxyl groups is 2. The van der Waals surface area contributed by atoms with Crippen molar-refractivity contribution in [3.8, 4) is 5.75 Å². The molecule has 0 bridgehead atoms. The summed E-state index contributed by atoms with van der Waals surface area (Å²) in [6.07, 6.45) is -1.00. The lowest BCUT2D eigenvalue weighted by Gasteiger charge is -2.13. The van der Waals surface area contributed by atoms with E-state index in [1.165, 1.54) is 6.07 Å². The van der Waals surface area contributed by atoms with Gasteiger partial charge in [-0.15, -0.1) is 0 Å². The average Bonchev–Trinajstić information content (AvgIpc) is 2.33. The zero-order chi connectivity index (χ0) is 12.8.